The van der Waals surface area contributed by atoms with E-state index >= 15 is 0 Å². The molecule has 0 radical (unpaired) electrons. The van der Waals surface area contributed by atoms with Crippen LogP contribution in [0.15, 0.2) is 42.6 Å². The van der Waals surface area contributed by atoms with Crippen molar-refractivity contribution in [1.29, 1.82) is 0 Å². The summed E-state index contributed by atoms with van der Waals surface area (Å²) in [7, 11) is 0. The van der Waals surface area contributed by atoms with E-state index < -0.39 is 6.10 Å². The summed E-state index contributed by atoms with van der Waals surface area (Å²) in [5, 5.41) is 10.3. The van der Waals surface area contributed by atoms with Crippen LogP contribution in [0.3, 0.4) is 0 Å². The number of hydrogen-bond donors (Lipinski definition) is 1. The molecule has 1 aliphatic rings. The van der Waals surface area contributed by atoms with E-state index in [-0.39, 0.29) is 0 Å². The number of rotatable bonds is 7. The Balaban J connectivity index is 1.39. The predicted octanol–water partition coefficient (Wildman–Crippen LogP) is 2.26. The van der Waals surface area contributed by atoms with E-state index in [1.54, 1.807) is 0 Å². The normalized spacial score (nSPS) is 17.2. The number of aliphatic hydroxyl groups excluding tert-OH is 1. The summed E-state index contributed by atoms with van der Waals surface area (Å²) in [5.74, 6) is 0.865. The fourth-order valence-electron chi connectivity index (χ4n) is 3.25. The molecule has 1 N–H and O–H groups in total. The van der Waals surface area contributed by atoms with Crippen LogP contribution in [0, 0.1) is 13.8 Å². The Morgan fingerprint density at radius 2 is 1.85 bits per heavy atom. The van der Waals surface area contributed by atoms with Crippen molar-refractivity contribution in [3.63, 3.8) is 0 Å². The number of hydrogen-bond acceptors (Lipinski definition) is 5. The molecule has 2 aromatic rings. The van der Waals surface area contributed by atoms with E-state index in [0.717, 1.165) is 49.7 Å². The number of ether oxygens (including phenoxy) is 1. The van der Waals surface area contributed by atoms with Gasteiger partial charge in [0, 0.05) is 45.5 Å². The summed E-state index contributed by atoms with van der Waals surface area (Å²) in [5.41, 5.74) is 3.39. The summed E-state index contributed by atoms with van der Waals surface area (Å²) in [6, 6.07) is 12.2. The van der Waals surface area contributed by atoms with Crippen LogP contribution >= 0.6 is 0 Å². The first-order valence-electron chi connectivity index (χ1n) is 9.33. The number of benzene rings is 1. The molecular formula is C21H29N3O2. The van der Waals surface area contributed by atoms with Gasteiger partial charge in [0.05, 0.1) is 5.69 Å². The Hall–Kier alpha value is -1.95. The minimum absolute atomic E-state index is 0.332. The van der Waals surface area contributed by atoms with Crippen LogP contribution in [0.4, 0.5) is 0 Å². The molecule has 0 amide bonds. The maximum Gasteiger partial charge on any atom is 0.122 e. The van der Waals surface area contributed by atoms with Crippen LogP contribution in [0.5, 0.6) is 5.75 Å². The van der Waals surface area contributed by atoms with Crippen molar-refractivity contribution in [2.75, 3.05) is 39.3 Å². The Kier molecular flexibility index (Phi) is 6.61. The highest BCUT2D eigenvalue weighted by molar-refractivity contribution is 5.35. The molecule has 1 atom stereocenters. The Morgan fingerprint density at radius 1 is 1.08 bits per heavy atom. The average Bonchev–Trinajstić information content (AvgIpc) is 2.65. The lowest BCUT2D eigenvalue weighted by Gasteiger charge is -2.35. The lowest BCUT2D eigenvalue weighted by Crippen LogP contribution is -2.48. The molecule has 1 unspecified atom stereocenters. The molecular weight excluding hydrogens is 326 g/mol. The average molecular weight is 355 g/mol. The highest BCUT2D eigenvalue weighted by Gasteiger charge is 2.20. The third kappa shape index (κ3) is 5.53. The quantitative estimate of drug-likeness (QED) is 0.826. The number of pyridine rings is 1. The molecule has 140 valence electrons. The third-order valence-electron chi connectivity index (χ3n) is 4.82. The van der Waals surface area contributed by atoms with Crippen LogP contribution < -0.4 is 4.74 Å². The van der Waals surface area contributed by atoms with Crippen molar-refractivity contribution < 1.29 is 9.84 Å². The molecule has 3 rings (SSSR count). The predicted molar refractivity (Wildman–Crippen MR) is 103 cm³/mol. The van der Waals surface area contributed by atoms with E-state index in [1.807, 2.05) is 38.2 Å². The number of aromatic nitrogens is 1. The Bertz CT molecular complexity index is 685. The maximum absolute atomic E-state index is 10.3. The highest BCUT2D eigenvalue weighted by Crippen LogP contribution is 2.19. The van der Waals surface area contributed by atoms with Crippen molar-refractivity contribution in [2.24, 2.45) is 0 Å². The fraction of sp³-hybridized carbons (Fsp3) is 0.476. The maximum atomic E-state index is 10.3. The van der Waals surface area contributed by atoms with Gasteiger partial charge in [-0.25, -0.2) is 0 Å². The molecule has 1 fully saturated rings. The van der Waals surface area contributed by atoms with E-state index in [9.17, 15) is 5.11 Å². The topological polar surface area (TPSA) is 48.8 Å². The first-order valence-corrected chi connectivity index (χ1v) is 9.33. The molecule has 1 aromatic heterocycles. The van der Waals surface area contributed by atoms with Gasteiger partial charge in [-0.1, -0.05) is 18.2 Å². The van der Waals surface area contributed by atoms with Gasteiger partial charge in [-0.2, -0.15) is 0 Å². The fourth-order valence-corrected chi connectivity index (χ4v) is 3.25. The molecule has 0 bridgehead atoms. The number of β-amino-alcohol motifs (C(OH)–C–C–N with tert-alkyl or cyclic N) is 1. The van der Waals surface area contributed by atoms with E-state index in [4.69, 9.17) is 4.74 Å². The van der Waals surface area contributed by atoms with Crippen LogP contribution in [0.25, 0.3) is 0 Å². The summed E-state index contributed by atoms with van der Waals surface area (Å²) < 4.78 is 5.83. The molecule has 5 heteroatoms. The monoisotopic (exact) mass is 355 g/mol. The highest BCUT2D eigenvalue weighted by atomic mass is 16.5. The summed E-state index contributed by atoms with van der Waals surface area (Å²) in [6.45, 7) is 9.89. The van der Waals surface area contributed by atoms with Crippen LogP contribution in [-0.4, -0.2) is 65.3 Å². The van der Waals surface area contributed by atoms with Crippen molar-refractivity contribution in [2.45, 2.75) is 26.5 Å². The first kappa shape index (κ1) is 18.8. The molecule has 0 spiro atoms. The summed E-state index contributed by atoms with van der Waals surface area (Å²) >= 11 is 0. The SMILES string of the molecule is Cc1ccc(C)c(OCC(O)CN2CCN(Cc3ccccn3)CC2)c1. The summed E-state index contributed by atoms with van der Waals surface area (Å²) in [4.78, 5) is 9.12. The van der Waals surface area contributed by atoms with Gasteiger partial charge in [0.15, 0.2) is 0 Å². The van der Waals surface area contributed by atoms with Crippen LogP contribution in [-0.2, 0) is 6.54 Å². The van der Waals surface area contributed by atoms with Gasteiger partial charge in [0.2, 0.25) is 0 Å². The standard InChI is InChI=1S/C21H29N3O2/c1-17-6-7-18(2)21(13-17)26-16-20(25)15-24-11-9-23(10-12-24)14-19-5-3-4-8-22-19/h3-8,13,20,25H,9-12,14-16H2,1-2H3. The number of aryl methyl sites for hydroxylation is 2. The van der Waals surface area contributed by atoms with Crippen molar-refractivity contribution >= 4 is 0 Å². The minimum Gasteiger partial charge on any atom is -0.491 e. The summed E-state index contributed by atoms with van der Waals surface area (Å²) in [6.07, 6.45) is 1.37. The van der Waals surface area contributed by atoms with Crippen molar-refractivity contribution in [1.82, 2.24) is 14.8 Å². The third-order valence-corrected chi connectivity index (χ3v) is 4.82. The minimum atomic E-state index is -0.475. The molecule has 26 heavy (non-hydrogen) atoms. The Morgan fingerprint density at radius 3 is 2.58 bits per heavy atom. The van der Waals surface area contributed by atoms with Gasteiger partial charge in [-0.3, -0.25) is 14.8 Å². The van der Waals surface area contributed by atoms with Gasteiger partial charge in [-0.05, 0) is 43.2 Å². The smallest absolute Gasteiger partial charge is 0.122 e. The molecule has 5 nitrogen and oxygen atoms in total. The lowest BCUT2D eigenvalue weighted by atomic mass is 10.1. The lowest BCUT2D eigenvalue weighted by molar-refractivity contribution is 0.0442. The van der Waals surface area contributed by atoms with E-state index in [2.05, 4.69) is 33.0 Å². The second-order valence-corrected chi connectivity index (χ2v) is 7.13. The second-order valence-electron chi connectivity index (χ2n) is 7.13. The van der Waals surface area contributed by atoms with Crippen LogP contribution in [0.1, 0.15) is 16.8 Å². The Labute approximate surface area is 156 Å². The van der Waals surface area contributed by atoms with Gasteiger partial charge in [0.1, 0.15) is 18.5 Å². The molecule has 1 aliphatic heterocycles. The zero-order valence-corrected chi connectivity index (χ0v) is 15.8. The van der Waals surface area contributed by atoms with Gasteiger partial charge < -0.3 is 9.84 Å². The van der Waals surface area contributed by atoms with Gasteiger partial charge in [-0.15, -0.1) is 0 Å². The number of aliphatic hydroxyl groups is 1. The number of nitrogens with zero attached hydrogens (tertiary/aromatic N) is 3. The first-order chi connectivity index (χ1) is 12.6. The zero-order valence-electron chi connectivity index (χ0n) is 15.8. The largest absolute Gasteiger partial charge is 0.491 e. The molecule has 1 aromatic carbocycles. The van der Waals surface area contributed by atoms with Gasteiger partial charge >= 0.3 is 0 Å². The van der Waals surface area contributed by atoms with Gasteiger partial charge in [0.25, 0.3) is 0 Å². The second kappa shape index (κ2) is 9.12. The molecule has 1 saturated heterocycles. The molecule has 0 saturated carbocycles. The van der Waals surface area contributed by atoms with Crippen LogP contribution in [0.2, 0.25) is 0 Å². The van der Waals surface area contributed by atoms with Crippen molar-refractivity contribution in [3.05, 3.63) is 59.4 Å². The van der Waals surface area contributed by atoms with E-state index in [0.29, 0.717) is 13.2 Å². The van der Waals surface area contributed by atoms with Crippen molar-refractivity contribution in [3.8, 4) is 5.75 Å². The molecule has 2 heterocycles. The molecule has 0 aliphatic carbocycles. The zero-order chi connectivity index (χ0) is 18.4. The van der Waals surface area contributed by atoms with E-state index in [1.165, 1.54) is 5.56 Å². The number of piperazine rings is 1.